The zero-order chi connectivity index (χ0) is 18.8. The molecule has 0 radical (unpaired) electrons. The number of likely N-dealkylation sites (tertiary alicyclic amines) is 1. The second kappa shape index (κ2) is 7.62. The van der Waals surface area contributed by atoms with Crippen molar-refractivity contribution in [2.75, 3.05) is 25.4 Å². The van der Waals surface area contributed by atoms with E-state index in [0.29, 0.717) is 29.1 Å². The highest BCUT2D eigenvalue weighted by atomic mass is 16.2. The molecule has 1 amide bonds. The van der Waals surface area contributed by atoms with Gasteiger partial charge in [0, 0.05) is 37.8 Å². The van der Waals surface area contributed by atoms with Crippen LogP contribution >= 0.6 is 0 Å². The van der Waals surface area contributed by atoms with Crippen LogP contribution in [0.25, 0.3) is 0 Å². The van der Waals surface area contributed by atoms with Gasteiger partial charge in [-0.05, 0) is 31.2 Å². The molecule has 7 heteroatoms. The summed E-state index contributed by atoms with van der Waals surface area (Å²) in [7, 11) is 0. The summed E-state index contributed by atoms with van der Waals surface area (Å²) in [6.45, 7) is 4.23. The van der Waals surface area contributed by atoms with Crippen LogP contribution in [0.15, 0.2) is 36.5 Å². The predicted octanol–water partition coefficient (Wildman–Crippen LogP) is 1.48. The summed E-state index contributed by atoms with van der Waals surface area (Å²) >= 11 is 0. The highest BCUT2D eigenvalue weighted by molar-refractivity contribution is 5.95. The van der Waals surface area contributed by atoms with Gasteiger partial charge in [-0.15, -0.1) is 0 Å². The zero-order valence-corrected chi connectivity index (χ0v) is 15.6. The molecule has 2 saturated heterocycles. The fourth-order valence-electron chi connectivity index (χ4n) is 4.34. The number of piperidine rings is 1. The van der Waals surface area contributed by atoms with Crippen molar-refractivity contribution in [3.8, 4) is 0 Å². The molecule has 3 heterocycles. The van der Waals surface area contributed by atoms with E-state index in [4.69, 9.17) is 5.73 Å². The largest absolute Gasteiger partial charge is 0.368 e. The quantitative estimate of drug-likeness (QED) is 0.761. The third-order valence-electron chi connectivity index (χ3n) is 5.73. The minimum atomic E-state index is -0.000540. The van der Waals surface area contributed by atoms with Gasteiger partial charge < -0.3 is 10.6 Å². The molecule has 3 unspecified atom stereocenters. The lowest BCUT2D eigenvalue weighted by Crippen LogP contribution is -2.48. The van der Waals surface area contributed by atoms with Gasteiger partial charge in [-0.3, -0.25) is 15.6 Å². The van der Waals surface area contributed by atoms with Crippen molar-refractivity contribution in [2.24, 2.45) is 5.92 Å². The van der Waals surface area contributed by atoms with E-state index in [-0.39, 0.29) is 11.9 Å². The van der Waals surface area contributed by atoms with E-state index < -0.39 is 0 Å². The molecule has 0 bridgehead atoms. The summed E-state index contributed by atoms with van der Waals surface area (Å²) in [4.78, 5) is 23.1. The molecule has 2 aromatic rings. The van der Waals surface area contributed by atoms with Gasteiger partial charge in [0.15, 0.2) is 0 Å². The number of hydrogen-bond donors (Lipinski definition) is 3. The minimum Gasteiger partial charge on any atom is -0.368 e. The highest BCUT2D eigenvalue weighted by Crippen LogP contribution is 2.32. The van der Waals surface area contributed by atoms with Crippen LogP contribution in [0.2, 0.25) is 0 Å². The van der Waals surface area contributed by atoms with E-state index in [1.807, 2.05) is 11.0 Å². The molecule has 1 aromatic heterocycles. The minimum absolute atomic E-state index is 0.000540. The Morgan fingerprint density at radius 3 is 2.89 bits per heavy atom. The molecule has 27 heavy (non-hydrogen) atoms. The first-order valence-corrected chi connectivity index (χ1v) is 9.55. The average Bonchev–Trinajstić information content (AvgIpc) is 3.18. The smallest absolute Gasteiger partial charge is 0.257 e. The van der Waals surface area contributed by atoms with Gasteiger partial charge in [-0.25, -0.2) is 9.97 Å². The Labute approximate surface area is 159 Å². The van der Waals surface area contributed by atoms with Crippen LogP contribution in [0.5, 0.6) is 0 Å². The predicted molar refractivity (Wildman–Crippen MR) is 104 cm³/mol. The summed E-state index contributed by atoms with van der Waals surface area (Å²) in [5, 5.41) is 0. The number of hydrogen-bond acceptors (Lipinski definition) is 6. The standard InChI is InChI=1S/C20H26N6O/c1-13-16(10-22-20(21)24-13)19(27)26-9-5-8-15(12-26)18-17(11-23-25-18)14-6-3-2-4-7-14/h2-4,6-7,10,15,17-18,23,25H,5,8-9,11-12H2,1H3,(H2,21,22,24). The number of aryl methyl sites for hydroxylation is 1. The lowest BCUT2D eigenvalue weighted by atomic mass is 9.81. The maximum atomic E-state index is 13.0. The summed E-state index contributed by atoms with van der Waals surface area (Å²) < 4.78 is 0. The molecule has 0 aliphatic carbocycles. The molecule has 7 nitrogen and oxygen atoms in total. The number of carbonyl (C=O) groups excluding carboxylic acids is 1. The topological polar surface area (TPSA) is 96.2 Å². The van der Waals surface area contributed by atoms with Gasteiger partial charge in [0.25, 0.3) is 5.91 Å². The third-order valence-corrected chi connectivity index (χ3v) is 5.73. The second-order valence-corrected chi connectivity index (χ2v) is 7.45. The number of rotatable bonds is 3. The number of nitrogens with two attached hydrogens (primary N) is 1. The van der Waals surface area contributed by atoms with Gasteiger partial charge in [-0.2, -0.15) is 0 Å². The molecule has 0 spiro atoms. The first-order chi connectivity index (χ1) is 13.1. The van der Waals surface area contributed by atoms with Crippen molar-refractivity contribution < 1.29 is 4.79 Å². The van der Waals surface area contributed by atoms with Crippen molar-refractivity contribution in [1.82, 2.24) is 25.7 Å². The normalized spacial score (nSPS) is 25.5. The molecule has 2 fully saturated rings. The summed E-state index contributed by atoms with van der Waals surface area (Å²) in [5.74, 6) is 1.01. The number of anilines is 1. The van der Waals surface area contributed by atoms with Crippen molar-refractivity contribution >= 4 is 11.9 Å². The Balaban J connectivity index is 1.50. The number of carbonyl (C=O) groups is 1. The maximum Gasteiger partial charge on any atom is 0.257 e. The maximum absolute atomic E-state index is 13.0. The van der Waals surface area contributed by atoms with Gasteiger partial charge in [0.1, 0.15) is 0 Å². The van der Waals surface area contributed by atoms with Crippen LogP contribution in [0.4, 0.5) is 5.95 Å². The summed E-state index contributed by atoms with van der Waals surface area (Å²) in [5.41, 5.74) is 14.9. The number of nitrogen functional groups attached to an aromatic ring is 1. The Hall–Kier alpha value is -2.51. The lowest BCUT2D eigenvalue weighted by Gasteiger charge is -2.37. The van der Waals surface area contributed by atoms with Gasteiger partial charge in [-0.1, -0.05) is 30.3 Å². The number of benzene rings is 1. The summed E-state index contributed by atoms with van der Waals surface area (Å²) in [6, 6.07) is 10.9. The fourth-order valence-corrected chi connectivity index (χ4v) is 4.34. The van der Waals surface area contributed by atoms with Crippen molar-refractivity contribution in [1.29, 1.82) is 0 Å². The molecule has 142 valence electrons. The molecule has 2 aliphatic rings. The molecule has 0 saturated carbocycles. The first-order valence-electron chi connectivity index (χ1n) is 9.55. The Bertz CT molecular complexity index is 811. The van der Waals surface area contributed by atoms with E-state index in [1.165, 1.54) is 5.56 Å². The molecule has 4 N–H and O–H groups in total. The van der Waals surface area contributed by atoms with E-state index in [9.17, 15) is 4.79 Å². The molecule has 4 rings (SSSR count). The SMILES string of the molecule is Cc1nc(N)ncc1C(=O)N1CCCC(C2NNCC2c2ccccc2)C1. The van der Waals surface area contributed by atoms with Crippen LogP contribution < -0.4 is 16.6 Å². The average molecular weight is 366 g/mol. The van der Waals surface area contributed by atoms with Crippen LogP contribution in [0.1, 0.15) is 40.4 Å². The highest BCUT2D eigenvalue weighted by Gasteiger charge is 2.37. The second-order valence-electron chi connectivity index (χ2n) is 7.45. The van der Waals surface area contributed by atoms with Crippen LogP contribution in [0.3, 0.4) is 0 Å². The molecular formula is C20H26N6O. The number of amides is 1. The first kappa shape index (κ1) is 17.9. The number of nitrogens with one attached hydrogen (secondary N) is 2. The summed E-state index contributed by atoms with van der Waals surface area (Å²) in [6.07, 6.45) is 3.67. The molecule has 1 aromatic carbocycles. The van der Waals surface area contributed by atoms with E-state index in [0.717, 1.165) is 32.5 Å². The van der Waals surface area contributed by atoms with Crippen LogP contribution in [-0.4, -0.2) is 46.5 Å². The van der Waals surface area contributed by atoms with Crippen molar-refractivity contribution in [2.45, 2.75) is 31.7 Å². The zero-order valence-electron chi connectivity index (χ0n) is 15.6. The monoisotopic (exact) mass is 366 g/mol. The fraction of sp³-hybridized carbons (Fsp3) is 0.450. The Morgan fingerprint density at radius 1 is 1.30 bits per heavy atom. The van der Waals surface area contributed by atoms with Crippen LogP contribution in [-0.2, 0) is 0 Å². The molecule has 3 atom stereocenters. The van der Waals surface area contributed by atoms with Gasteiger partial charge >= 0.3 is 0 Å². The number of hydrazine groups is 1. The van der Waals surface area contributed by atoms with Crippen molar-refractivity contribution in [3.63, 3.8) is 0 Å². The molecular weight excluding hydrogens is 340 g/mol. The Kier molecular flexibility index (Phi) is 5.05. The van der Waals surface area contributed by atoms with Crippen LogP contribution in [0, 0.1) is 12.8 Å². The van der Waals surface area contributed by atoms with Crippen molar-refractivity contribution in [3.05, 3.63) is 53.3 Å². The Morgan fingerprint density at radius 2 is 2.11 bits per heavy atom. The van der Waals surface area contributed by atoms with E-state index in [1.54, 1.807) is 13.1 Å². The third kappa shape index (κ3) is 3.65. The molecule has 2 aliphatic heterocycles. The number of nitrogens with zero attached hydrogens (tertiary/aromatic N) is 3. The van der Waals surface area contributed by atoms with Gasteiger partial charge in [0.2, 0.25) is 5.95 Å². The van der Waals surface area contributed by atoms with Gasteiger partial charge in [0.05, 0.1) is 11.3 Å². The lowest BCUT2D eigenvalue weighted by molar-refractivity contribution is 0.0643. The van der Waals surface area contributed by atoms with E-state index in [2.05, 4.69) is 45.1 Å². The number of aromatic nitrogens is 2. The van der Waals surface area contributed by atoms with E-state index >= 15 is 0 Å².